The molecular weight excluding hydrogens is 206 g/mol. The third-order valence-electron chi connectivity index (χ3n) is 2.43. The van der Waals surface area contributed by atoms with Gasteiger partial charge in [0.25, 0.3) is 0 Å². The van der Waals surface area contributed by atoms with Crippen LogP contribution in [-0.4, -0.2) is 16.0 Å². The summed E-state index contributed by atoms with van der Waals surface area (Å²) in [5.74, 6) is 0. The molecule has 0 aliphatic heterocycles. The summed E-state index contributed by atoms with van der Waals surface area (Å²) in [5.41, 5.74) is 8.59. The Hall–Kier alpha value is -2.55. The smallest absolute Gasteiger partial charge is 0.211 e. The van der Waals surface area contributed by atoms with Crippen molar-refractivity contribution in [3.05, 3.63) is 23.5 Å². The molecule has 16 heavy (non-hydrogen) atoms. The van der Waals surface area contributed by atoms with Crippen LogP contribution in [0.2, 0.25) is 0 Å². The number of nitrogens with two attached hydrogens (primary N) is 1. The van der Waals surface area contributed by atoms with Crippen LogP contribution in [0.15, 0.2) is 12.4 Å². The molecule has 80 valence electrons. The normalized spacial score (nSPS) is 10.0. The molecule has 0 aliphatic rings. The summed E-state index contributed by atoms with van der Waals surface area (Å²) in [6, 6.07) is 1.97. The Kier molecular flexibility index (Phi) is 2.21. The maximum atomic E-state index is 10.4. The van der Waals surface area contributed by atoms with Gasteiger partial charge in [0.05, 0.1) is 34.8 Å². The second kappa shape index (κ2) is 3.55. The van der Waals surface area contributed by atoms with Crippen molar-refractivity contribution in [3.8, 4) is 6.07 Å². The van der Waals surface area contributed by atoms with Gasteiger partial charge in [-0.15, -0.1) is 0 Å². The number of hydrogen-bond donors (Lipinski definition) is 2. The Morgan fingerprint density at radius 2 is 2.44 bits per heavy atom. The first-order valence-corrected chi connectivity index (χ1v) is 4.55. The lowest BCUT2D eigenvalue weighted by Gasteiger charge is -2.01. The van der Waals surface area contributed by atoms with Crippen LogP contribution in [0.4, 0.5) is 11.4 Å². The Morgan fingerprint density at radius 1 is 1.69 bits per heavy atom. The molecule has 2 rings (SSSR count). The molecule has 2 aromatic rings. The third kappa shape index (κ3) is 1.26. The highest BCUT2D eigenvalue weighted by molar-refractivity contribution is 5.86. The number of hydrogen-bond acceptors (Lipinski definition) is 4. The molecule has 0 spiro atoms. The molecule has 0 aliphatic carbocycles. The molecule has 0 bridgehead atoms. The van der Waals surface area contributed by atoms with Crippen molar-refractivity contribution in [3.63, 3.8) is 0 Å². The second-order valence-corrected chi connectivity index (χ2v) is 3.31. The molecule has 0 atom stereocenters. The minimum Gasteiger partial charge on any atom is -0.396 e. The van der Waals surface area contributed by atoms with Crippen LogP contribution in [0.1, 0.15) is 11.1 Å². The average Bonchev–Trinajstić information content (AvgIpc) is 2.58. The van der Waals surface area contributed by atoms with Crippen molar-refractivity contribution in [1.82, 2.24) is 9.61 Å². The van der Waals surface area contributed by atoms with Crippen molar-refractivity contribution in [2.24, 2.45) is 0 Å². The average molecular weight is 215 g/mol. The number of nitriles is 1. The molecule has 6 heteroatoms. The zero-order valence-corrected chi connectivity index (χ0v) is 8.56. The summed E-state index contributed by atoms with van der Waals surface area (Å²) in [6.45, 7) is 1.81. The van der Waals surface area contributed by atoms with Gasteiger partial charge in [-0.1, -0.05) is 0 Å². The number of anilines is 2. The number of fused-ring (bicyclic) bond motifs is 1. The van der Waals surface area contributed by atoms with Crippen LogP contribution >= 0.6 is 0 Å². The quantitative estimate of drug-likeness (QED) is 0.719. The number of aryl methyl sites for hydroxylation is 1. The van der Waals surface area contributed by atoms with E-state index in [2.05, 4.69) is 10.4 Å². The van der Waals surface area contributed by atoms with Crippen LogP contribution in [-0.2, 0) is 4.79 Å². The number of aromatic nitrogens is 2. The van der Waals surface area contributed by atoms with Gasteiger partial charge in [-0.25, -0.2) is 4.52 Å². The van der Waals surface area contributed by atoms with Crippen molar-refractivity contribution in [1.29, 1.82) is 5.26 Å². The van der Waals surface area contributed by atoms with Gasteiger partial charge in [-0.05, 0) is 6.92 Å². The third-order valence-corrected chi connectivity index (χ3v) is 2.43. The highest BCUT2D eigenvalue weighted by Gasteiger charge is 2.12. The minimum atomic E-state index is 0.325. The van der Waals surface area contributed by atoms with Crippen LogP contribution in [0.25, 0.3) is 5.52 Å². The summed E-state index contributed by atoms with van der Waals surface area (Å²) >= 11 is 0. The maximum Gasteiger partial charge on any atom is 0.211 e. The standard InChI is InChI=1S/C10H9N5O/c1-6-8(13-5-16)4-15-10(6)9(12)7(2-11)3-14-15/h3-5H,12H2,1H3,(H,13,16). The molecule has 6 nitrogen and oxygen atoms in total. The van der Waals surface area contributed by atoms with E-state index in [1.165, 1.54) is 10.7 Å². The predicted octanol–water partition coefficient (Wildman–Crippen LogP) is 0.665. The summed E-state index contributed by atoms with van der Waals surface area (Å²) in [4.78, 5) is 10.4. The number of nitrogens with one attached hydrogen (secondary N) is 1. The first-order chi connectivity index (χ1) is 7.69. The Bertz CT molecular complexity index is 608. The van der Waals surface area contributed by atoms with E-state index in [4.69, 9.17) is 11.0 Å². The van der Waals surface area contributed by atoms with E-state index < -0.39 is 0 Å². The topological polar surface area (TPSA) is 96.2 Å². The molecule has 0 unspecified atom stereocenters. The number of nitrogens with zero attached hydrogens (tertiary/aromatic N) is 3. The SMILES string of the molecule is Cc1c(NC=O)cn2ncc(C#N)c(N)c12. The van der Waals surface area contributed by atoms with Gasteiger partial charge in [-0.2, -0.15) is 10.4 Å². The molecule has 2 aromatic heterocycles. The molecular formula is C10H9N5O. The van der Waals surface area contributed by atoms with E-state index in [1.54, 1.807) is 13.1 Å². The first-order valence-electron chi connectivity index (χ1n) is 4.55. The predicted molar refractivity (Wildman–Crippen MR) is 58.7 cm³/mol. The largest absolute Gasteiger partial charge is 0.396 e. The van der Waals surface area contributed by atoms with E-state index in [-0.39, 0.29) is 0 Å². The molecule has 0 aromatic carbocycles. The van der Waals surface area contributed by atoms with Crippen molar-refractivity contribution < 1.29 is 4.79 Å². The zero-order chi connectivity index (χ0) is 11.7. The lowest BCUT2D eigenvalue weighted by atomic mass is 10.2. The van der Waals surface area contributed by atoms with E-state index in [1.807, 2.05) is 6.07 Å². The van der Waals surface area contributed by atoms with Crippen molar-refractivity contribution in [2.75, 3.05) is 11.1 Å². The maximum absolute atomic E-state index is 10.4. The van der Waals surface area contributed by atoms with Gasteiger partial charge < -0.3 is 11.1 Å². The summed E-state index contributed by atoms with van der Waals surface area (Å²) in [7, 11) is 0. The fourth-order valence-electron chi connectivity index (χ4n) is 1.61. The van der Waals surface area contributed by atoms with Crippen LogP contribution in [0, 0.1) is 18.3 Å². The van der Waals surface area contributed by atoms with E-state index >= 15 is 0 Å². The van der Waals surface area contributed by atoms with Gasteiger partial charge in [0.2, 0.25) is 6.41 Å². The van der Waals surface area contributed by atoms with E-state index in [0.29, 0.717) is 28.9 Å². The fraction of sp³-hybridized carbons (Fsp3) is 0.100. The van der Waals surface area contributed by atoms with Gasteiger partial charge in [0.15, 0.2) is 0 Å². The van der Waals surface area contributed by atoms with Gasteiger partial charge >= 0.3 is 0 Å². The highest BCUT2D eigenvalue weighted by atomic mass is 16.1. The lowest BCUT2D eigenvalue weighted by molar-refractivity contribution is -0.105. The molecule has 2 heterocycles. The van der Waals surface area contributed by atoms with Crippen LogP contribution in [0.5, 0.6) is 0 Å². The highest BCUT2D eigenvalue weighted by Crippen LogP contribution is 2.27. The molecule has 0 saturated carbocycles. The van der Waals surface area contributed by atoms with Crippen LogP contribution in [0.3, 0.4) is 0 Å². The summed E-state index contributed by atoms with van der Waals surface area (Å²) < 4.78 is 1.54. The molecule has 0 radical (unpaired) electrons. The summed E-state index contributed by atoms with van der Waals surface area (Å²) in [6.07, 6.45) is 3.63. The Morgan fingerprint density at radius 3 is 3.06 bits per heavy atom. The van der Waals surface area contributed by atoms with E-state index in [9.17, 15) is 4.79 Å². The number of rotatable bonds is 2. The van der Waals surface area contributed by atoms with Gasteiger partial charge in [0.1, 0.15) is 6.07 Å². The lowest BCUT2D eigenvalue weighted by Crippen LogP contribution is -1.99. The summed E-state index contributed by atoms with van der Waals surface area (Å²) in [5, 5.41) is 15.4. The van der Waals surface area contributed by atoms with Gasteiger partial charge in [-0.3, -0.25) is 4.79 Å². The number of amides is 1. The number of carbonyl (C=O) groups is 1. The van der Waals surface area contributed by atoms with Gasteiger partial charge in [0, 0.05) is 5.56 Å². The first kappa shape index (κ1) is 9.98. The molecule has 0 saturated heterocycles. The molecule has 1 amide bonds. The Balaban J connectivity index is 2.78. The molecule has 0 fully saturated rings. The van der Waals surface area contributed by atoms with Crippen molar-refractivity contribution in [2.45, 2.75) is 6.92 Å². The zero-order valence-electron chi connectivity index (χ0n) is 8.56. The number of nitrogen functional groups attached to an aromatic ring is 1. The van der Waals surface area contributed by atoms with E-state index in [0.717, 1.165) is 5.56 Å². The Labute approximate surface area is 91.3 Å². The minimum absolute atomic E-state index is 0.325. The van der Waals surface area contributed by atoms with Crippen LogP contribution < -0.4 is 11.1 Å². The fourth-order valence-corrected chi connectivity index (χ4v) is 1.61. The monoisotopic (exact) mass is 215 g/mol. The molecule has 3 N–H and O–H groups in total. The van der Waals surface area contributed by atoms with Crippen molar-refractivity contribution >= 4 is 23.3 Å². The second-order valence-electron chi connectivity index (χ2n) is 3.31. The number of carbonyl (C=O) groups excluding carboxylic acids is 1.